The van der Waals surface area contributed by atoms with Crippen molar-refractivity contribution in [3.05, 3.63) is 23.8 Å². The van der Waals surface area contributed by atoms with Gasteiger partial charge < -0.3 is 9.47 Å². The van der Waals surface area contributed by atoms with Crippen LogP contribution in [0.1, 0.15) is 5.56 Å². The lowest BCUT2D eigenvalue weighted by molar-refractivity contribution is -0.287. The molecule has 1 aromatic carbocycles. The summed E-state index contributed by atoms with van der Waals surface area (Å²) < 4.78 is 57.9. The summed E-state index contributed by atoms with van der Waals surface area (Å²) in [4.78, 5) is 4.23. The van der Waals surface area contributed by atoms with Crippen LogP contribution in [0.25, 0.3) is 0 Å². The monoisotopic (exact) mass is 362 g/mol. The fraction of sp³-hybridized carbons (Fsp3) is 0.600. The lowest BCUT2D eigenvalue weighted by atomic mass is 10.1. The van der Waals surface area contributed by atoms with E-state index in [1.807, 2.05) is 0 Å². The molecule has 9 heteroatoms. The molecule has 1 saturated heterocycles. The Morgan fingerprint density at radius 2 is 1.79 bits per heavy atom. The van der Waals surface area contributed by atoms with Crippen molar-refractivity contribution in [2.75, 3.05) is 44.7 Å². The number of halogens is 2. The first-order valence-corrected chi connectivity index (χ1v) is 9.78. The highest BCUT2D eigenvalue weighted by Crippen LogP contribution is 2.43. The average molecular weight is 362 g/mol. The van der Waals surface area contributed by atoms with Crippen molar-refractivity contribution in [1.29, 1.82) is 0 Å². The van der Waals surface area contributed by atoms with Crippen molar-refractivity contribution in [2.24, 2.45) is 0 Å². The van der Waals surface area contributed by atoms with E-state index in [0.29, 0.717) is 18.7 Å². The van der Waals surface area contributed by atoms with E-state index in [1.165, 1.54) is 12.3 Å². The second kappa shape index (κ2) is 6.45. The van der Waals surface area contributed by atoms with Gasteiger partial charge in [0.1, 0.15) is 9.84 Å². The lowest BCUT2D eigenvalue weighted by Crippen LogP contribution is -2.47. The number of alkyl halides is 2. The predicted octanol–water partition coefficient (Wildman–Crippen LogP) is 1.17. The molecule has 2 aliphatic heterocycles. The van der Waals surface area contributed by atoms with E-state index >= 15 is 0 Å². The van der Waals surface area contributed by atoms with Crippen LogP contribution in [0.15, 0.2) is 18.2 Å². The maximum absolute atomic E-state index is 13.2. The standard InChI is InChI=1S/C15H20F2N2O4S/c1-24(20,21)10-9-18-5-7-19(8-6-18)11-12-3-2-4-13-14(12)23-15(16,17)22-13/h2-4H,5-11H2,1H3. The molecule has 2 aliphatic rings. The van der Waals surface area contributed by atoms with Crippen molar-refractivity contribution < 1.29 is 26.7 Å². The SMILES string of the molecule is CS(=O)(=O)CCN1CCN(Cc2cccc3c2OC(F)(F)O3)CC1. The maximum Gasteiger partial charge on any atom is 0.586 e. The van der Waals surface area contributed by atoms with E-state index in [4.69, 9.17) is 0 Å². The van der Waals surface area contributed by atoms with Gasteiger partial charge in [-0.2, -0.15) is 0 Å². The van der Waals surface area contributed by atoms with Gasteiger partial charge in [-0.25, -0.2) is 8.42 Å². The van der Waals surface area contributed by atoms with E-state index in [0.717, 1.165) is 26.2 Å². The van der Waals surface area contributed by atoms with E-state index in [2.05, 4.69) is 19.3 Å². The highest BCUT2D eigenvalue weighted by atomic mass is 32.2. The van der Waals surface area contributed by atoms with Gasteiger partial charge in [0.25, 0.3) is 0 Å². The topological polar surface area (TPSA) is 59.1 Å². The molecule has 134 valence electrons. The van der Waals surface area contributed by atoms with Gasteiger partial charge in [0, 0.05) is 51.1 Å². The van der Waals surface area contributed by atoms with Crippen molar-refractivity contribution in [3.8, 4) is 11.5 Å². The second-order valence-corrected chi connectivity index (χ2v) is 8.42. The molecule has 0 aliphatic carbocycles. The Morgan fingerprint density at radius 1 is 1.12 bits per heavy atom. The first-order valence-electron chi connectivity index (χ1n) is 7.72. The molecule has 24 heavy (non-hydrogen) atoms. The lowest BCUT2D eigenvalue weighted by Gasteiger charge is -2.34. The minimum Gasteiger partial charge on any atom is -0.395 e. The molecule has 1 aromatic rings. The molecule has 3 rings (SSSR count). The molecule has 0 bridgehead atoms. The molecule has 0 spiro atoms. The summed E-state index contributed by atoms with van der Waals surface area (Å²) in [5.74, 6) is 0.311. The zero-order chi connectivity index (χ0) is 17.4. The average Bonchev–Trinajstić information content (AvgIpc) is 2.81. The molecule has 0 atom stereocenters. The summed E-state index contributed by atoms with van der Waals surface area (Å²) in [5, 5.41) is 0. The fourth-order valence-corrected chi connectivity index (χ4v) is 3.45. The Morgan fingerprint density at radius 3 is 2.46 bits per heavy atom. The molecule has 0 amide bonds. The van der Waals surface area contributed by atoms with Crippen LogP contribution in [0.3, 0.4) is 0 Å². The highest BCUT2D eigenvalue weighted by molar-refractivity contribution is 7.90. The molecule has 0 aromatic heterocycles. The molecular formula is C15H20F2N2O4S. The molecule has 0 N–H and O–H groups in total. The predicted molar refractivity (Wildman–Crippen MR) is 84.1 cm³/mol. The molecule has 0 radical (unpaired) electrons. The molecule has 6 nitrogen and oxygen atoms in total. The highest BCUT2D eigenvalue weighted by Gasteiger charge is 2.44. The molecule has 1 fully saturated rings. The third kappa shape index (κ3) is 4.34. The second-order valence-electron chi connectivity index (χ2n) is 6.16. The normalized spacial score (nSPS) is 21.1. The summed E-state index contributed by atoms with van der Waals surface area (Å²) in [5.41, 5.74) is 0.661. The first-order chi connectivity index (χ1) is 11.2. The van der Waals surface area contributed by atoms with Crippen LogP contribution in [0.4, 0.5) is 8.78 Å². The minimum atomic E-state index is -3.61. The number of hydrogen-bond acceptors (Lipinski definition) is 6. The zero-order valence-corrected chi connectivity index (χ0v) is 14.2. The van der Waals surface area contributed by atoms with Crippen molar-refractivity contribution in [3.63, 3.8) is 0 Å². The number of benzene rings is 1. The van der Waals surface area contributed by atoms with Crippen molar-refractivity contribution >= 4 is 9.84 Å². The van der Waals surface area contributed by atoms with Gasteiger partial charge in [0.2, 0.25) is 0 Å². The van der Waals surface area contributed by atoms with Gasteiger partial charge in [-0.3, -0.25) is 9.80 Å². The molecule has 0 saturated carbocycles. The summed E-state index contributed by atoms with van der Waals surface area (Å²) >= 11 is 0. The first kappa shape index (κ1) is 17.4. The van der Waals surface area contributed by atoms with Gasteiger partial charge in [0.15, 0.2) is 11.5 Å². The number of hydrogen-bond donors (Lipinski definition) is 0. The smallest absolute Gasteiger partial charge is 0.395 e. The number of fused-ring (bicyclic) bond motifs is 1. The third-order valence-corrected chi connectivity index (χ3v) is 5.07. The van der Waals surface area contributed by atoms with Crippen LogP contribution in [0.5, 0.6) is 11.5 Å². The van der Waals surface area contributed by atoms with Gasteiger partial charge in [-0.1, -0.05) is 12.1 Å². The largest absolute Gasteiger partial charge is 0.586 e. The van der Waals surface area contributed by atoms with Gasteiger partial charge in [-0.15, -0.1) is 8.78 Å². The van der Waals surface area contributed by atoms with Crippen LogP contribution in [-0.2, 0) is 16.4 Å². The molecular weight excluding hydrogens is 342 g/mol. The van der Waals surface area contributed by atoms with Crippen LogP contribution < -0.4 is 9.47 Å². The number of ether oxygens (including phenoxy) is 2. The number of sulfone groups is 1. The van der Waals surface area contributed by atoms with Gasteiger partial charge in [-0.05, 0) is 6.07 Å². The fourth-order valence-electron chi connectivity index (χ4n) is 2.86. The quantitative estimate of drug-likeness (QED) is 0.784. The van der Waals surface area contributed by atoms with E-state index in [1.54, 1.807) is 12.1 Å². The van der Waals surface area contributed by atoms with Crippen LogP contribution in [0, 0.1) is 0 Å². The van der Waals surface area contributed by atoms with Crippen LogP contribution in [-0.4, -0.2) is 69.2 Å². The third-order valence-electron chi connectivity index (χ3n) is 4.15. The number of nitrogens with zero attached hydrogens (tertiary/aromatic N) is 2. The Balaban J connectivity index is 1.55. The van der Waals surface area contributed by atoms with Gasteiger partial charge >= 0.3 is 6.29 Å². The van der Waals surface area contributed by atoms with Crippen LogP contribution in [0.2, 0.25) is 0 Å². The Kier molecular flexibility index (Phi) is 4.67. The minimum absolute atomic E-state index is 0.0595. The van der Waals surface area contributed by atoms with E-state index in [9.17, 15) is 17.2 Å². The Bertz CT molecular complexity index is 703. The van der Waals surface area contributed by atoms with Crippen molar-refractivity contribution in [2.45, 2.75) is 12.8 Å². The summed E-state index contributed by atoms with van der Waals surface area (Å²) in [7, 11) is -2.96. The molecule has 0 unspecified atom stereocenters. The van der Waals surface area contributed by atoms with Crippen LogP contribution >= 0.6 is 0 Å². The van der Waals surface area contributed by atoms with Crippen molar-refractivity contribution in [1.82, 2.24) is 9.80 Å². The Labute approximate surface area is 139 Å². The Hall–Kier alpha value is -1.45. The number of rotatable bonds is 5. The summed E-state index contributed by atoms with van der Waals surface area (Å²) in [6.45, 7) is 3.99. The molecule has 2 heterocycles. The van der Waals surface area contributed by atoms with E-state index < -0.39 is 16.1 Å². The summed E-state index contributed by atoms with van der Waals surface area (Å²) in [6.07, 6.45) is -2.38. The number of para-hydroxylation sites is 1. The zero-order valence-electron chi connectivity index (χ0n) is 13.4. The number of piperazine rings is 1. The summed E-state index contributed by atoms with van der Waals surface area (Å²) in [6, 6.07) is 4.88. The maximum atomic E-state index is 13.2. The van der Waals surface area contributed by atoms with Gasteiger partial charge in [0.05, 0.1) is 5.75 Å². The van der Waals surface area contributed by atoms with E-state index in [-0.39, 0.29) is 17.3 Å².